The van der Waals surface area contributed by atoms with Crippen LogP contribution in [0.15, 0.2) is 42.6 Å². The number of nitrogens with zero attached hydrogens (tertiary/aromatic N) is 3. The van der Waals surface area contributed by atoms with Crippen LogP contribution in [0.2, 0.25) is 0 Å². The topological polar surface area (TPSA) is 88.6 Å². The second kappa shape index (κ2) is 11.6. The zero-order valence-corrected chi connectivity index (χ0v) is 25.3. The van der Waals surface area contributed by atoms with Crippen LogP contribution in [0.4, 0.5) is 27.9 Å². The number of nitrogens with one attached hydrogen (secondary N) is 2. The number of aromatic nitrogens is 2. The second-order valence-electron chi connectivity index (χ2n) is 11.7. The van der Waals surface area contributed by atoms with E-state index in [1.54, 1.807) is 0 Å². The fourth-order valence-corrected chi connectivity index (χ4v) is 6.34. The molecule has 0 radical (unpaired) electrons. The van der Waals surface area contributed by atoms with Gasteiger partial charge in [0.25, 0.3) is 0 Å². The average molecular weight is 562 g/mol. The van der Waals surface area contributed by atoms with Gasteiger partial charge in [-0.1, -0.05) is 32.2 Å². The zero-order valence-electron chi connectivity index (χ0n) is 24.4. The van der Waals surface area contributed by atoms with Crippen molar-refractivity contribution in [2.45, 2.75) is 58.5 Å². The van der Waals surface area contributed by atoms with E-state index in [1.165, 1.54) is 16.4 Å². The van der Waals surface area contributed by atoms with Gasteiger partial charge in [0.05, 0.1) is 12.3 Å². The number of rotatable bonds is 6. The molecule has 9 heteroatoms. The highest BCUT2D eigenvalue weighted by molar-refractivity contribution is 7.64. The molecule has 2 aliphatic heterocycles. The minimum Gasteiger partial charge on any atom is -0.491 e. The maximum absolute atomic E-state index is 12.5. The summed E-state index contributed by atoms with van der Waals surface area (Å²) < 4.78 is 11.7. The molecule has 2 N–H and O–H groups in total. The van der Waals surface area contributed by atoms with Gasteiger partial charge in [-0.25, -0.2) is 9.78 Å². The molecule has 0 unspecified atom stereocenters. The molecule has 1 saturated heterocycles. The quantitative estimate of drug-likeness (QED) is 0.324. The van der Waals surface area contributed by atoms with Gasteiger partial charge in [0, 0.05) is 42.5 Å². The molecule has 2 aromatic carbocycles. The Hall–Kier alpha value is -3.38. The van der Waals surface area contributed by atoms with Gasteiger partial charge < -0.3 is 25.0 Å². The van der Waals surface area contributed by atoms with Crippen LogP contribution in [0, 0.1) is 6.92 Å². The number of para-hydroxylation sites is 1. The van der Waals surface area contributed by atoms with Gasteiger partial charge in [-0.05, 0) is 82.8 Å². The monoisotopic (exact) mass is 561 g/mol. The Bertz CT molecular complexity index is 1380. The molecule has 1 fully saturated rings. The van der Waals surface area contributed by atoms with E-state index in [0.717, 1.165) is 47.8 Å². The molecule has 0 spiro atoms. The van der Waals surface area contributed by atoms with E-state index in [2.05, 4.69) is 59.3 Å². The van der Waals surface area contributed by atoms with Crippen LogP contribution in [0.5, 0.6) is 5.75 Å². The Morgan fingerprint density at radius 1 is 1.07 bits per heavy atom. The van der Waals surface area contributed by atoms with Crippen molar-refractivity contribution in [1.82, 2.24) is 14.9 Å². The molecule has 3 aromatic rings. The van der Waals surface area contributed by atoms with Crippen LogP contribution < -0.4 is 20.7 Å². The number of anilines is 4. The third-order valence-electron chi connectivity index (χ3n) is 7.34. The first-order valence-electron chi connectivity index (χ1n) is 14.0. The van der Waals surface area contributed by atoms with Gasteiger partial charge in [-0.15, -0.1) is 0 Å². The lowest BCUT2D eigenvalue weighted by molar-refractivity contribution is 0.0204. The van der Waals surface area contributed by atoms with Gasteiger partial charge in [-0.2, -0.15) is 4.98 Å². The highest BCUT2D eigenvalue weighted by Crippen LogP contribution is 2.42. The highest BCUT2D eigenvalue weighted by atomic mass is 31.1. The molecule has 8 nitrogen and oxygen atoms in total. The largest absolute Gasteiger partial charge is 0.491 e. The van der Waals surface area contributed by atoms with E-state index in [9.17, 15) is 4.79 Å². The van der Waals surface area contributed by atoms with Crippen LogP contribution in [0.25, 0.3) is 0 Å². The molecular formula is C31H40N5O3P. The van der Waals surface area contributed by atoms with Gasteiger partial charge in [0.15, 0.2) is 0 Å². The lowest BCUT2D eigenvalue weighted by Crippen LogP contribution is -2.41. The molecule has 2 aliphatic rings. The molecule has 0 aliphatic carbocycles. The first-order chi connectivity index (χ1) is 19.1. The molecule has 3 heterocycles. The van der Waals surface area contributed by atoms with E-state index >= 15 is 0 Å². The maximum Gasteiger partial charge on any atom is 0.410 e. The standard InChI is InChI=1S/C31H40N5O3P/c1-20-19-32-29(35-28(20)33-24-9-7-8-10-26(24)40(5)6)34-25-12-11-22(23-15-18-38-27(23)25)21-13-16-36(17-14-21)30(37)39-31(2,3)4/h7-12,19,21H,13-18H2,1-6H3,(H2,32,33,34,35). The number of likely N-dealkylation sites (tertiary alicyclic amines) is 1. The van der Waals surface area contributed by atoms with E-state index in [0.29, 0.717) is 31.6 Å². The average Bonchev–Trinajstić information content (AvgIpc) is 3.41. The summed E-state index contributed by atoms with van der Waals surface area (Å²) in [5, 5.41) is 8.26. The van der Waals surface area contributed by atoms with Crippen molar-refractivity contribution in [3.05, 3.63) is 59.3 Å². The molecule has 1 amide bonds. The molecule has 212 valence electrons. The van der Waals surface area contributed by atoms with Crippen molar-refractivity contribution in [2.24, 2.45) is 0 Å². The lowest BCUT2D eigenvalue weighted by Gasteiger charge is -2.34. The van der Waals surface area contributed by atoms with Crippen LogP contribution in [0.3, 0.4) is 0 Å². The SMILES string of the molecule is Cc1cnc(Nc2ccc(C3CCN(C(=O)OC(C)(C)C)CC3)c3c2OCC3)nc1Nc1ccccc1P(C)C. The Kier molecular flexibility index (Phi) is 8.18. The molecule has 40 heavy (non-hydrogen) atoms. The summed E-state index contributed by atoms with van der Waals surface area (Å²) >= 11 is 0. The first-order valence-corrected chi connectivity index (χ1v) is 16.2. The van der Waals surface area contributed by atoms with Crippen LogP contribution >= 0.6 is 7.92 Å². The van der Waals surface area contributed by atoms with E-state index < -0.39 is 5.60 Å². The number of benzene rings is 2. The number of ether oxygens (including phenoxy) is 2. The maximum atomic E-state index is 12.5. The van der Waals surface area contributed by atoms with Crippen molar-refractivity contribution in [3.63, 3.8) is 0 Å². The summed E-state index contributed by atoms with van der Waals surface area (Å²) in [6, 6.07) is 12.7. The van der Waals surface area contributed by atoms with Gasteiger partial charge in [-0.3, -0.25) is 0 Å². The van der Waals surface area contributed by atoms with Crippen molar-refractivity contribution >= 4 is 42.5 Å². The number of amides is 1. The number of aryl methyl sites for hydroxylation is 1. The van der Waals surface area contributed by atoms with Crippen LogP contribution in [-0.2, 0) is 11.2 Å². The summed E-state index contributed by atoms with van der Waals surface area (Å²) in [4.78, 5) is 23.7. The number of hydrogen-bond donors (Lipinski definition) is 2. The molecule has 0 bridgehead atoms. The van der Waals surface area contributed by atoms with E-state index in [-0.39, 0.29) is 14.0 Å². The van der Waals surface area contributed by atoms with Crippen LogP contribution in [0.1, 0.15) is 56.2 Å². The summed E-state index contributed by atoms with van der Waals surface area (Å²) in [5.41, 5.74) is 5.03. The minimum atomic E-state index is -0.480. The predicted molar refractivity (Wildman–Crippen MR) is 164 cm³/mol. The van der Waals surface area contributed by atoms with Crippen LogP contribution in [-0.4, -0.2) is 59.6 Å². The minimum absolute atomic E-state index is 0.223. The third kappa shape index (κ3) is 6.33. The molecule has 1 aromatic heterocycles. The van der Waals surface area contributed by atoms with Gasteiger partial charge in [0.1, 0.15) is 17.2 Å². The highest BCUT2D eigenvalue weighted by Gasteiger charge is 2.31. The van der Waals surface area contributed by atoms with E-state index in [4.69, 9.17) is 14.5 Å². The fraction of sp³-hybridized carbons (Fsp3) is 0.452. The smallest absolute Gasteiger partial charge is 0.410 e. The fourth-order valence-electron chi connectivity index (χ4n) is 5.35. The summed E-state index contributed by atoms with van der Waals surface area (Å²) in [6.45, 7) is 14.3. The number of carbonyl (C=O) groups is 1. The van der Waals surface area contributed by atoms with Gasteiger partial charge >= 0.3 is 6.09 Å². The van der Waals surface area contributed by atoms with Crippen molar-refractivity contribution in [2.75, 3.05) is 43.7 Å². The Labute approximate surface area is 238 Å². The third-order valence-corrected chi connectivity index (χ3v) is 8.69. The molecule has 0 atom stereocenters. The molecule has 5 rings (SSSR count). The van der Waals surface area contributed by atoms with Gasteiger partial charge in [0.2, 0.25) is 5.95 Å². The molecular weight excluding hydrogens is 521 g/mol. The second-order valence-corrected chi connectivity index (χ2v) is 14.0. The number of hydrogen-bond acceptors (Lipinski definition) is 7. The van der Waals surface area contributed by atoms with E-state index in [1.807, 2.05) is 44.9 Å². The number of fused-ring (bicyclic) bond motifs is 1. The Morgan fingerprint density at radius 3 is 2.55 bits per heavy atom. The predicted octanol–water partition coefficient (Wildman–Crippen LogP) is 6.69. The summed E-state index contributed by atoms with van der Waals surface area (Å²) in [5.74, 6) is 2.58. The number of piperidine rings is 1. The number of carbonyl (C=O) groups excluding carboxylic acids is 1. The normalized spacial score (nSPS) is 15.5. The first kappa shape index (κ1) is 28.2. The molecule has 0 saturated carbocycles. The Balaban J connectivity index is 1.31. The van der Waals surface area contributed by atoms with Crippen molar-refractivity contribution < 1.29 is 14.3 Å². The summed E-state index contributed by atoms with van der Waals surface area (Å²) in [7, 11) is -0.257. The zero-order chi connectivity index (χ0) is 28.4. The van der Waals surface area contributed by atoms with Crippen molar-refractivity contribution in [3.8, 4) is 5.75 Å². The Morgan fingerprint density at radius 2 is 1.82 bits per heavy atom. The lowest BCUT2D eigenvalue weighted by atomic mass is 9.85. The summed E-state index contributed by atoms with van der Waals surface area (Å²) in [6.07, 6.45) is 4.32. The van der Waals surface area contributed by atoms with Crippen molar-refractivity contribution in [1.29, 1.82) is 0 Å².